The van der Waals surface area contributed by atoms with Crippen LogP contribution in [0.3, 0.4) is 0 Å². The highest BCUT2D eigenvalue weighted by Gasteiger charge is 2.15. The molecule has 2 N–H and O–H groups in total. The Morgan fingerprint density at radius 3 is 2.38 bits per heavy atom. The number of hydrogen-bond acceptors (Lipinski definition) is 3. The summed E-state index contributed by atoms with van der Waals surface area (Å²) in [5.74, 6) is 0. The zero-order valence-electron chi connectivity index (χ0n) is 9.10. The number of nitrogens with one attached hydrogen (secondary N) is 2. The molecule has 0 aromatic rings. The molecule has 0 aliphatic heterocycles. The van der Waals surface area contributed by atoms with Crippen LogP contribution < -0.4 is 10.9 Å². The molecule has 0 saturated heterocycles. The molecule has 0 aliphatic rings. The number of rotatable bonds is 3. The third-order valence-corrected chi connectivity index (χ3v) is 1.43. The van der Waals surface area contributed by atoms with E-state index in [1.807, 2.05) is 34.6 Å². The summed E-state index contributed by atoms with van der Waals surface area (Å²) in [7, 11) is 0. The number of hydrogen-bond donors (Lipinski definition) is 2. The largest absolute Gasteiger partial charge is 0.443 e. The topological polar surface area (TPSA) is 50.4 Å². The van der Waals surface area contributed by atoms with Crippen LogP contribution in [0.5, 0.6) is 0 Å². The number of hydrazine groups is 1. The van der Waals surface area contributed by atoms with Crippen LogP contribution in [0.25, 0.3) is 0 Å². The SMILES string of the molecule is CCC(C)NNC(=O)OC(C)(C)C. The minimum atomic E-state index is -0.443. The molecule has 13 heavy (non-hydrogen) atoms. The summed E-state index contributed by atoms with van der Waals surface area (Å²) in [6, 6.07) is 0.257. The molecule has 78 valence electrons. The molecule has 0 spiro atoms. The van der Waals surface area contributed by atoms with Crippen LogP contribution in [0.2, 0.25) is 0 Å². The molecule has 0 bridgehead atoms. The Bertz CT molecular complexity index is 163. The molecule has 0 aromatic heterocycles. The zero-order valence-corrected chi connectivity index (χ0v) is 9.10. The van der Waals surface area contributed by atoms with Gasteiger partial charge in [-0.2, -0.15) is 0 Å². The predicted octanol–water partition coefficient (Wildman–Crippen LogP) is 1.81. The van der Waals surface area contributed by atoms with Gasteiger partial charge >= 0.3 is 6.09 Å². The fraction of sp³-hybridized carbons (Fsp3) is 0.889. The van der Waals surface area contributed by atoms with Crippen LogP contribution in [0.15, 0.2) is 0 Å². The standard InChI is InChI=1S/C9H20N2O2/c1-6-7(2)10-11-8(12)13-9(3,4)5/h7,10H,6H2,1-5H3,(H,11,12). The minimum absolute atomic E-state index is 0.257. The van der Waals surface area contributed by atoms with Crippen LogP contribution in [-0.4, -0.2) is 17.7 Å². The summed E-state index contributed by atoms with van der Waals surface area (Å²) >= 11 is 0. The van der Waals surface area contributed by atoms with Crippen LogP contribution >= 0.6 is 0 Å². The first kappa shape index (κ1) is 12.2. The van der Waals surface area contributed by atoms with Crippen molar-refractivity contribution in [2.24, 2.45) is 0 Å². The van der Waals surface area contributed by atoms with Crippen molar-refractivity contribution < 1.29 is 9.53 Å². The van der Waals surface area contributed by atoms with E-state index in [0.29, 0.717) is 0 Å². The maximum absolute atomic E-state index is 11.1. The summed E-state index contributed by atoms with van der Waals surface area (Å²) in [4.78, 5) is 11.1. The molecule has 4 nitrogen and oxygen atoms in total. The highest BCUT2D eigenvalue weighted by Crippen LogP contribution is 2.05. The van der Waals surface area contributed by atoms with E-state index in [9.17, 15) is 4.79 Å². The van der Waals surface area contributed by atoms with E-state index in [1.54, 1.807) is 0 Å². The van der Waals surface area contributed by atoms with E-state index in [1.165, 1.54) is 0 Å². The second kappa shape index (κ2) is 5.07. The summed E-state index contributed by atoms with van der Waals surface area (Å²) in [6.07, 6.45) is 0.517. The Kier molecular flexibility index (Phi) is 4.77. The lowest BCUT2D eigenvalue weighted by Crippen LogP contribution is -2.45. The number of ether oxygens (including phenoxy) is 1. The van der Waals surface area contributed by atoms with E-state index in [-0.39, 0.29) is 6.04 Å². The highest BCUT2D eigenvalue weighted by molar-refractivity contribution is 5.66. The molecule has 0 heterocycles. The van der Waals surface area contributed by atoms with Gasteiger partial charge in [0.2, 0.25) is 0 Å². The Labute approximate surface area is 80.0 Å². The molecule has 0 saturated carbocycles. The van der Waals surface area contributed by atoms with Crippen molar-refractivity contribution in [1.82, 2.24) is 10.9 Å². The van der Waals surface area contributed by atoms with Gasteiger partial charge in [0.1, 0.15) is 5.60 Å². The molecule has 1 amide bonds. The average molecular weight is 188 g/mol. The van der Waals surface area contributed by atoms with E-state index >= 15 is 0 Å². The van der Waals surface area contributed by atoms with Crippen LogP contribution in [-0.2, 0) is 4.74 Å². The van der Waals surface area contributed by atoms with Gasteiger partial charge in [0, 0.05) is 6.04 Å². The lowest BCUT2D eigenvalue weighted by molar-refractivity contribution is 0.0489. The molecule has 1 atom stereocenters. The second-order valence-electron chi connectivity index (χ2n) is 4.08. The van der Waals surface area contributed by atoms with Gasteiger partial charge in [-0.15, -0.1) is 0 Å². The normalized spacial score (nSPS) is 13.6. The maximum atomic E-state index is 11.1. The van der Waals surface area contributed by atoms with Crippen molar-refractivity contribution in [1.29, 1.82) is 0 Å². The Morgan fingerprint density at radius 1 is 1.46 bits per heavy atom. The van der Waals surface area contributed by atoms with Crippen LogP contribution in [0.1, 0.15) is 41.0 Å². The smallest absolute Gasteiger partial charge is 0.422 e. The van der Waals surface area contributed by atoms with Crippen molar-refractivity contribution >= 4 is 6.09 Å². The van der Waals surface area contributed by atoms with Crippen molar-refractivity contribution in [3.05, 3.63) is 0 Å². The summed E-state index contributed by atoms with van der Waals surface area (Å²) in [6.45, 7) is 9.51. The van der Waals surface area contributed by atoms with Gasteiger partial charge < -0.3 is 4.74 Å². The van der Waals surface area contributed by atoms with Gasteiger partial charge in [0.15, 0.2) is 0 Å². The molecular weight excluding hydrogens is 168 g/mol. The highest BCUT2D eigenvalue weighted by atomic mass is 16.6. The minimum Gasteiger partial charge on any atom is -0.443 e. The molecule has 0 rings (SSSR count). The van der Waals surface area contributed by atoms with E-state index in [0.717, 1.165) is 6.42 Å². The van der Waals surface area contributed by atoms with Gasteiger partial charge in [-0.1, -0.05) is 6.92 Å². The summed E-state index contributed by atoms with van der Waals surface area (Å²) in [5, 5.41) is 0. The third-order valence-electron chi connectivity index (χ3n) is 1.43. The van der Waals surface area contributed by atoms with Crippen molar-refractivity contribution in [3.8, 4) is 0 Å². The number of carbonyl (C=O) groups excluding carboxylic acids is 1. The third kappa shape index (κ3) is 7.59. The second-order valence-corrected chi connectivity index (χ2v) is 4.08. The van der Waals surface area contributed by atoms with Gasteiger partial charge in [-0.25, -0.2) is 10.2 Å². The fourth-order valence-electron chi connectivity index (χ4n) is 0.588. The van der Waals surface area contributed by atoms with Crippen LogP contribution in [0.4, 0.5) is 4.79 Å². The Hall–Kier alpha value is -0.770. The van der Waals surface area contributed by atoms with E-state index in [4.69, 9.17) is 4.74 Å². The maximum Gasteiger partial charge on any atom is 0.422 e. The molecule has 0 fully saturated rings. The first-order valence-electron chi connectivity index (χ1n) is 4.59. The van der Waals surface area contributed by atoms with Crippen molar-refractivity contribution in [2.75, 3.05) is 0 Å². The van der Waals surface area contributed by atoms with E-state index in [2.05, 4.69) is 10.9 Å². The number of amides is 1. The molecule has 0 radical (unpaired) electrons. The fourth-order valence-corrected chi connectivity index (χ4v) is 0.588. The van der Waals surface area contributed by atoms with Crippen LogP contribution in [0, 0.1) is 0 Å². The molecule has 0 aromatic carbocycles. The van der Waals surface area contributed by atoms with Crippen molar-refractivity contribution in [3.63, 3.8) is 0 Å². The molecular formula is C9H20N2O2. The Balaban J connectivity index is 3.64. The summed E-state index contributed by atoms with van der Waals surface area (Å²) in [5.41, 5.74) is 4.87. The van der Waals surface area contributed by atoms with E-state index < -0.39 is 11.7 Å². The van der Waals surface area contributed by atoms with Crippen molar-refractivity contribution in [2.45, 2.75) is 52.7 Å². The zero-order chi connectivity index (χ0) is 10.5. The summed E-state index contributed by atoms with van der Waals surface area (Å²) < 4.78 is 5.02. The molecule has 4 heteroatoms. The molecule has 0 aliphatic carbocycles. The monoisotopic (exact) mass is 188 g/mol. The van der Waals surface area contributed by atoms with Gasteiger partial charge in [0.25, 0.3) is 0 Å². The average Bonchev–Trinajstić information content (AvgIpc) is 1.97. The van der Waals surface area contributed by atoms with Gasteiger partial charge in [-0.3, -0.25) is 5.43 Å². The lowest BCUT2D eigenvalue weighted by Gasteiger charge is -2.21. The first-order chi connectivity index (χ1) is 5.85. The first-order valence-corrected chi connectivity index (χ1v) is 4.59. The lowest BCUT2D eigenvalue weighted by atomic mass is 10.2. The molecule has 1 unspecified atom stereocenters. The van der Waals surface area contributed by atoms with Gasteiger partial charge in [-0.05, 0) is 34.1 Å². The number of carbonyl (C=O) groups is 1. The van der Waals surface area contributed by atoms with Gasteiger partial charge in [0.05, 0.1) is 0 Å². The quantitative estimate of drug-likeness (QED) is 0.664. The predicted molar refractivity (Wildman–Crippen MR) is 52.3 cm³/mol. The Morgan fingerprint density at radius 2 is 2.00 bits per heavy atom.